The van der Waals surface area contributed by atoms with Gasteiger partial charge in [-0.15, -0.1) is 11.3 Å². The van der Waals surface area contributed by atoms with E-state index in [2.05, 4.69) is 28.0 Å². The van der Waals surface area contributed by atoms with Gasteiger partial charge in [-0.25, -0.2) is 5.01 Å². The molecule has 1 saturated heterocycles. The lowest BCUT2D eigenvalue weighted by Crippen LogP contribution is -2.35. The Balaban J connectivity index is 1.92. The number of anilines is 1. The number of hydrazine groups is 1. The molecular weight excluding hydrogens is 399 g/mol. The highest BCUT2D eigenvalue weighted by Crippen LogP contribution is 2.24. The molecule has 1 fully saturated rings. The van der Waals surface area contributed by atoms with Crippen molar-refractivity contribution in [2.45, 2.75) is 6.92 Å². The summed E-state index contributed by atoms with van der Waals surface area (Å²) < 4.78 is 1.07. The van der Waals surface area contributed by atoms with Gasteiger partial charge in [0, 0.05) is 13.3 Å². The number of rotatable bonds is 2. The van der Waals surface area contributed by atoms with Gasteiger partial charge in [0.05, 0.1) is 5.69 Å². The molecule has 1 aliphatic rings. The van der Waals surface area contributed by atoms with E-state index >= 15 is 0 Å². The highest BCUT2D eigenvalue weighted by molar-refractivity contribution is 14.1. The van der Waals surface area contributed by atoms with Gasteiger partial charge in [-0.1, -0.05) is 0 Å². The molecule has 2 amide bonds. The standard InChI is InChI=1S/C15H11IN2O2S/c1-9-2-7-12(21-9)8-13-14(19)17-18(15(13)20)11-5-3-10(16)4-6-11/h2-8H,1H3,(H,17,19)/b13-8+. The van der Waals surface area contributed by atoms with Crippen molar-refractivity contribution in [3.63, 3.8) is 0 Å². The fourth-order valence-corrected chi connectivity index (χ4v) is 3.18. The van der Waals surface area contributed by atoms with Crippen molar-refractivity contribution in [2.75, 3.05) is 5.01 Å². The quantitative estimate of drug-likeness (QED) is 0.470. The minimum atomic E-state index is -0.371. The average molecular weight is 410 g/mol. The molecule has 106 valence electrons. The van der Waals surface area contributed by atoms with E-state index in [1.165, 1.54) is 5.01 Å². The number of carbonyl (C=O) groups excluding carboxylic acids is 2. The van der Waals surface area contributed by atoms with E-state index in [0.29, 0.717) is 5.69 Å². The molecule has 6 heteroatoms. The summed E-state index contributed by atoms with van der Waals surface area (Å²) in [6, 6.07) is 11.3. The predicted molar refractivity (Wildman–Crippen MR) is 91.8 cm³/mol. The molecule has 1 aliphatic heterocycles. The third kappa shape index (κ3) is 2.86. The van der Waals surface area contributed by atoms with Crippen LogP contribution in [0.4, 0.5) is 5.69 Å². The molecule has 0 aliphatic carbocycles. The van der Waals surface area contributed by atoms with Crippen molar-refractivity contribution < 1.29 is 9.59 Å². The third-order valence-electron chi connectivity index (χ3n) is 3.02. The number of nitrogens with zero attached hydrogens (tertiary/aromatic N) is 1. The Labute approximate surface area is 139 Å². The van der Waals surface area contributed by atoms with Crippen LogP contribution in [0.25, 0.3) is 6.08 Å². The van der Waals surface area contributed by atoms with Gasteiger partial charge in [0.15, 0.2) is 0 Å². The Morgan fingerprint density at radius 2 is 1.86 bits per heavy atom. The third-order valence-corrected chi connectivity index (χ3v) is 4.69. The molecule has 1 aromatic carbocycles. The molecule has 2 aromatic rings. The van der Waals surface area contributed by atoms with Crippen LogP contribution in [0.1, 0.15) is 9.75 Å². The number of amides is 2. The first-order chi connectivity index (χ1) is 10.0. The minimum Gasteiger partial charge on any atom is -0.267 e. The Morgan fingerprint density at radius 1 is 1.14 bits per heavy atom. The van der Waals surface area contributed by atoms with Gasteiger partial charge in [0.1, 0.15) is 5.57 Å². The number of halogens is 1. The highest BCUT2D eigenvalue weighted by atomic mass is 127. The summed E-state index contributed by atoms with van der Waals surface area (Å²) >= 11 is 3.74. The van der Waals surface area contributed by atoms with E-state index in [1.807, 2.05) is 31.2 Å². The molecule has 0 unspecified atom stereocenters. The molecule has 0 atom stereocenters. The Hall–Kier alpha value is -1.67. The number of benzene rings is 1. The summed E-state index contributed by atoms with van der Waals surface area (Å²) in [5, 5.41) is 1.28. The van der Waals surface area contributed by atoms with Crippen molar-refractivity contribution in [1.29, 1.82) is 0 Å². The van der Waals surface area contributed by atoms with Crippen LogP contribution in [-0.4, -0.2) is 11.8 Å². The maximum Gasteiger partial charge on any atom is 0.282 e. The van der Waals surface area contributed by atoms with Crippen LogP contribution in [0.5, 0.6) is 0 Å². The van der Waals surface area contributed by atoms with Crippen LogP contribution in [0.2, 0.25) is 0 Å². The second-order valence-electron chi connectivity index (χ2n) is 4.56. The summed E-state index contributed by atoms with van der Waals surface area (Å²) in [6.45, 7) is 1.99. The topological polar surface area (TPSA) is 49.4 Å². The summed E-state index contributed by atoms with van der Waals surface area (Å²) in [5.41, 5.74) is 3.41. The van der Waals surface area contributed by atoms with Crippen LogP contribution >= 0.6 is 33.9 Å². The lowest BCUT2D eigenvalue weighted by Gasteiger charge is -2.14. The van der Waals surface area contributed by atoms with E-state index in [1.54, 1.807) is 29.5 Å². The summed E-state index contributed by atoms with van der Waals surface area (Å²) in [5.74, 6) is -0.697. The molecule has 0 saturated carbocycles. The van der Waals surface area contributed by atoms with E-state index in [4.69, 9.17) is 0 Å². The Morgan fingerprint density at radius 3 is 2.48 bits per heavy atom. The van der Waals surface area contributed by atoms with E-state index in [-0.39, 0.29) is 17.4 Å². The average Bonchev–Trinajstić information content (AvgIpc) is 2.98. The smallest absolute Gasteiger partial charge is 0.267 e. The molecule has 1 aromatic heterocycles. The number of thiophene rings is 1. The predicted octanol–water partition coefficient (Wildman–Crippen LogP) is 3.12. The van der Waals surface area contributed by atoms with Crippen LogP contribution in [-0.2, 0) is 9.59 Å². The lowest BCUT2D eigenvalue weighted by molar-refractivity contribution is -0.117. The fraction of sp³-hybridized carbons (Fsp3) is 0.0667. The number of aryl methyl sites for hydroxylation is 1. The van der Waals surface area contributed by atoms with Crippen LogP contribution < -0.4 is 10.4 Å². The van der Waals surface area contributed by atoms with Crippen LogP contribution in [0.15, 0.2) is 42.0 Å². The molecule has 2 heterocycles. The number of nitrogens with one attached hydrogen (secondary N) is 1. The lowest BCUT2D eigenvalue weighted by atomic mass is 10.2. The van der Waals surface area contributed by atoms with E-state index < -0.39 is 0 Å². The molecule has 4 nitrogen and oxygen atoms in total. The molecule has 0 bridgehead atoms. The fourth-order valence-electron chi connectivity index (χ4n) is 2.00. The van der Waals surface area contributed by atoms with Crippen LogP contribution in [0, 0.1) is 10.5 Å². The van der Waals surface area contributed by atoms with Crippen molar-refractivity contribution in [3.05, 3.63) is 55.3 Å². The molecular formula is C15H11IN2O2S. The van der Waals surface area contributed by atoms with Gasteiger partial charge in [-0.3, -0.25) is 15.0 Å². The zero-order valence-electron chi connectivity index (χ0n) is 11.1. The van der Waals surface area contributed by atoms with E-state index in [0.717, 1.165) is 13.3 Å². The van der Waals surface area contributed by atoms with Gasteiger partial charge >= 0.3 is 0 Å². The largest absolute Gasteiger partial charge is 0.282 e. The maximum absolute atomic E-state index is 12.4. The molecule has 0 spiro atoms. The first kappa shape index (κ1) is 14.3. The van der Waals surface area contributed by atoms with Gasteiger partial charge in [0.25, 0.3) is 11.8 Å². The Kier molecular flexibility index (Phi) is 3.81. The first-order valence-electron chi connectivity index (χ1n) is 6.24. The van der Waals surface area contributed by atoms with Gasteiger partial charge in [-0.05, 0) is 72.0 Å². The summed E-state index contributed by atoms with van der Waals surface area (Å²) in [7, 11) is 0. The monoisotopic (exact) mass is 410 g/mol. The van der Waals surface area contributed by atoms with Crippen molar-refractivity contribution in [2.24, 2.45) is 0 Å². The summed E-state index contributed by atoms with van der Waals surface area (Å²) in [6.07, 6.45) is 1.64. The molecule has 21 heavy (non-hydrogen) atoms. The van der Waals surface area contributed by atoms with Gasteiger partial charge < -0.3 is 0 Å². The van der Waals surface area contributed by atoms with Crippen molar-refractivity contribution >= 4 is 57.5 Å². The second-order valence-corrected chi connectivity index (χ2v) is 7.13. The second kappa shape index (κ2) is 5.61. The molecule has 3 rings (SSSR count). The molecule has 0 radical (unpaired) electrons. The van der Waals surface area contributed by atoms with Gasteiger partial charge in [-0.2, -0.15) is 0 Å². The number of carbonyl (C=O) groups is 2. The SMILES string of the molecule is Cc1ccc(/C=C2\C(=O)NN(c3ccc(I)cc3)C2=O)s1. The number of hydrogen-bond acceptors (Lipinski definition) is 3. The Bertz CT molecular complexity index is 749. The van der Waals surface area contributed by atoms with Crippen LogP contribution in [0.3, 0.4) is 0 Å². The van der Waals surface area contributed by atoms with Gasteiger partial charge in [0.2, 0.25) is 0 Å². The minimum absolute atomic E-state index is 0.162. The zero-order chi connectivity index (χ0) is 15.0. The summed E-state index contributed by atoms with van der Waals surface area (Å²) in [4.78, 5) is 26.4. The first-order valence-corrected chi connectivity index (χ1v) is 8.13. The normalized spacial score (nSPS) is 16.7. The molecule has 1 N–H and O–H groups in total. The van der Waals surface area contributed by atoms with Crippen molar-refractivity contribution in [1.82, 2.24) is 5.43 Å². The van der Waals surface area contributed by atoms with E-state index in [9.17, 15) is 9.59 Å². The number of hydrogen-bond donors (Lipinski definition) is 1. The zero-order valence-corrected chi connectivity index (χ0v) is 14.1. The van der Waals surface area contributed by atoms with Crippen molar-refractivity contribution in [3.8, 4) is 0 Å². The highest BCUT2D eigenvalue weighted by Gasteiger charge is 2.34. The maximum atomic E-state index is 12.4.